The van der Waals surface area contributed by atoms with Gasteiger partial charge in [0.1, 0.15) is 11.9 Å². The third kappa shape index (κ3) is 5.08. The molecule has 0 bridgehead atoms. The number of carbonyl (C=O) groups excluding carboxylic acids is 2. The smallest absolute Gasteiger partial charge is 0.352 e. The second-order valence-corrected chi connectivity index (χ2v) is 8.60. The lowest BCUT2D eigenvalue weighted by Gasteiger charge is -2.40. The molecule has 10 heteroatoms. The van der Waals surface area contributed by atoms with Crippen molar-refractivity contribution in [1.29, 1.82) is 0 Å². The first-order chi connectivity index (χ1) is 15.8. The van der Waals surface area contributed by atoms with E-state index in [1.54, 1.807) is 14.7 Å². The first-order valence-corrected chi connectivity index (χ1v) is 11.2. The van der Waals surface area contributed by atoms with Gasteiger partial charge in [-0.15, -0.1) is 0 Å². The van der Waals surface area contributed by atoms with Crippen LogP contribution in [-0.4, -0.2) is 59.3 Å². The van der Waals surface area contributed by atoms with Crippen LogP contribution < -0.4 is 4.90 Å². The lowest BCUT2D eigenvalue weighted by Crippen LogP contribution is -2.53. The average Bonchev–Trinajstić information content (AvgIpc) is 2.80. The SMILES string of the molecule is O=C(C(c1ccccc1)N1CCCCC1=O)N1CCN(c2ncc(C(F)(F)F)cc2Cl)CC1. The molecule has 0 aliphatic carbocycles. The van der Waals surface area contributed by atoms with Gasteiger partial charge in [-0.25, -0.2) is 4.98 Å². The number of benzene rings is 1. The van der Waals surface area contributed by atoms with E-state index in [9.17, 15) is 22.8 Å². The highest BCUT2D eigenvalue weighted by Crippen LogP contribution is 2.34. The number of alkyl halides is 3. The van der Waals surface area contributed by atoms with Gasteiger partial charge in [0.15, 0.2) is 0 Å². The lowest BCUT2D eigenvalue weighted by atomic mass is 9.99. The molecule has 2 amide bonds. The largest absolute Gasteiger partial charge is 0.417 e. The van der Waals surface area contributed by atoms with E-state index >= 15 is 0 Å². The van der Waals surface area contributed by atoms with Crippen molar-refractivity contribution < 1.29 is 22.8 Å². The third-order valence-electron chi connectivity index (χ3n) is 6.06. The van der Waals surface area contributed by atoms with Gasteiger partial charge in [0.25, 0.3) is 0 Å². The monoisotopic (exact) mass is 480 g/mol. The number of carbonyl (C=O) groups is 2. The van der Waals surface area contributed by atoms with Crippen molar-refractivity contribution in [3.8, 4) is 0 Å². The Morgan fingerprint density at radius 3 is 2.33 bits per heavy atom. The van der Waals surface area contributed by atoms with Crippen LogP contribution in [0.5, 0.6) is 0 Å². The first-order valence-electron chi connectivity index (χ1n) is 10.9. The number of nitrogens with zero attached hydrogens (tertiary/aromatic N) is 4. The highest BCUT2D eigenvalue weighted by Gasteiger charge is 2.37. The Morgan fingerprint density at radius 1 is 1.03 bits per heavy atom. The second kappa shape index (κ2) is 9.59. The Bertz CT molecular complexity index is 1010. The summed E-state index contributed by atoms with van der Waals surface area (Å²) >= 11 is 6.09. The van der Waals surface area contributed by atoms with Gasteiger partial charge in [-0.05, 0) is 24.5 Å². The molecule has 176 valence electrons. The van der Waals surface area contributed by atoms with Crippen molar-refractivity contribution in [1.82, 2.24) is 14.8 Å². The first kappa shape index (κ1) is 23.4. The predicted octanol–water partition coefficient (Wildman–Crippen LogP) is 4.16. The fourth-order valence-electron chi connectivity index (χ4n) is 4.32. The van der Waals surface area contributed by atoms with E-state index in [1.165, 1.54) is 0 Å². The topological polar surface area (TPSA) is 56.8 Å². The molecular formula is C23H24ClF3N4O2. The van der Waals surface area contributed by atoms with Crippen molar-refractivity contribution in [3.63, 3.8) is 0 Å². The maximum Gasteiger partial charge on any atom is 0.417 e. The fraction of sp³-hybridized carbons (Fsp3) is 0.435. The summed E-state index contributed by atoms with van der Waals surface area (Å²) in [5.74, 6) is 0.0907. The summed E-state index contributed by atoms with van der Waals surface area (Å²) in [6, 6.07) is 9.45. The molecule has 0 spiro atoms. The van der Waals surface area contributed by atoms with Crippen LogP contribution >= 0.6 is 11.6 Å². The number of aromatic nitrogens is 1. The molecule has 4 rings (SSSR count). The summed E-state index contributed by atoms with van der Waals surface area (Å²) < 4.78 is 38.7. The van der Waals surface area contributed by atoms with Gasteiger partial charge in [0.05, 0.1) is 10.6 Å². The van der Waals surface area contributed by atoms with E-state index in [2.05, 4.69) is 4.98 Å². The highest BCUT2D eigenvalue weighted by atomic mass is 35.5. The molecule has 2 aromatic rings. The molecule has 0 N–H and O–H groups in total. The van der Waals surface area contributed by atoms with Crippen LogP contribution in [-0.2, 0) is 15.8 Å². The molecule has 0 radical (unpaired) electrons. The van der Waals surface area contributed by atoms with Crippen LogP contribution in [0.1, 0.15) is 36.4 Å². The maximum atomic E-state index is 13.6. The van der Waals surface area contributed by atoms with Crippen LogP contribution in [0.15, 0.2) is 42.6 Å². The molecule has 6 nitrogen and oxygen atoms in total. The van der Waals surface area contributed by atoms with Gasteiger partial charge in [-0.2, -0.15) is 13.2 Å². The number of pyridine rings is 1. The highest BCUT2D eigenvalue weighted by molar-refractivity contribution is 6.33. The minimum absolute atomic E-state index is 0.0252. The number of rotatable bonds is 4. The Balaban J connectivity index is 1.49. The summed E-state index contributed by atoms with van der Waals surface area (Å²) in [4.78, 5) is 35.2. The third-order valence-corrected chi connectivity index (χ3v) is 6.34. The normalized spacial score (nSPS) is 18.4. The van der Waals surface area contributed by atoms with Crippen molar-refractivity contribution in [2.75, 3.05) is 37.6 Å². The molecule has 1 aromatic heterocycles. The van der Waals surface area contributed by atoms with Gasteiger partial charge in [0.2, 0.25) is 11.8 Å². The van der Waals surface area contributed by atoms with Crippen LogP contribution in [0.3, 0.4) is 0 Å². The molecule has 1 aromatic carbocycles. The zero-order valence-corrected chi connectivity index (χ0v) is 18.6. The molecule has 3 heterocycles. The Labute approximate surface area is 194 Å². The minimum atomic E-state index is -4.52. The van der Waals surface area contributed by atoms with E-state index in [1.807, 2.05) is 30.3 Å². The van der Waals surface area contributed by atoms with E-state index < -0.39 is 17.8 Å². The number of anilines is 1. The summed E-state index contributed by atoms with van der Waals surface area (Å²) in [5, 5.41) is -0.0781. The molecular weight excluding hydrogens is 457 g/mol. The Kier molecular flexibility index (Phi) is 6.78. The molecule has 2 aliphatic rings. The fourth-order valence-corrected chi connectivity index (χ4v) is 4.61. The zero-order chi connectivity index (χ0) is 23.6. The van der Waals surface area contributed by atoms with Gasteiger partial charge < -0.3 is 14.7 Å². The van der Waals surface area contributed by atoms with E-state index in [4.69, 9.17) is 11.6 Å². The molecule has 0 saturated carbocycles. The number of hydrogen-bond donors (Lipinski definition) is 0. The zero-order valence-electron chi connectivity index (χ0n) is 17.9. The Morgan fingerprint density at radius 2 is 1.73 bits per heavy atom. The molecule has 1 unspecified atom stereocenters. The average molecular weight is 481 g/mol. The second-order valence-electron chi connectivity index (χ2n) is 8.20. The van der Waals surface area contributed by atoms with E-state index in [0.29, 0.717) is 39.1 Å². The Hall–Kier alpha value is -2.81. The van der Waals surface area contributed by atoms with Gasteiger partial charge in [0, 0.05) is 45.3 Å². The predicted molar refractivity (Wildman–Crippen MR) is 118 cm³/mol. The molecule has 2 fully saturated rings. The van der Waals surface area contributed by atoms with Gasteiger partial charge >= 0.3 is 6.18 Å². The van der Waals surface area contributed by atoms with Crippen LogP contribution in [0.2, 0.25) is 5.02 Å². The molecule has 2 aliphatic heterocycles. The standard InChI is InChI=1S/C23H24ClF3N4O2/c24-18-14-17(23(25,26)27)15-28-21(18)29-10-12-30(13-11-29)22(33)20(16-6-2-1-3-7-16)31-9-5-4-8-19(31)32/h1-3,6-7,14-15,20H,4-5,8-13H2. The van der Waals surface area contributed by atoms with Crippen molar-refractivity contribution >= 4 is 29.2 Å². The summed E-state index contributed by atoms with van der Waals surface area (Å²) in [6.45, 7) is 1.99. The van der Waals surface area contributed by atoms with E-state index in [0.717, 1.165) is 30.7 Å². The number of piperidine rings is 1. The maximum absolute atomic E-state index is 13.6. The number of halogens is 4. The van der Waals surface area contributed by atoms with Gasteiger partial charge in [-0.3, -0.25) is 9.59 Å². The molecule has 1 atom stereocenters. The minimum Gasteiger partial charge on any atom is -0.352 e. The van der Waals surface area contributed by atoms with Crippen LogP contribution in [0, 0.1) is 0 Å². The van der Waals surface area contributed by atoms with Crippen molar-refractivity contribution in [2.24, 2.45) is 0 Å². The quantitative estimate of drug-likeness (QED) is 0.659. The number of hydrogen-bond acceptors (Lipinski definition) is 4. The number of piperazine rings is 1. The number of amides is 2. The van der Waals surface area contributed by atoms with Gasteiger partial charge in [-0.1, -0.05) is 41.9 Å². The van der Waals surface area contributed by atoms with Crippen molar-refractivity contribution in [3.05, 3.63) is 58.7 Å². The summed E-state index contributed by atoms with van der Waals surface area (Å²) in [5.41, 5.74) is -0.130. The van der Waals surface area contributed by atoms with Crippen LogP contribution in [0.4, 0.5) is 19.0 Å². The van der Waals surface area contributed by atoms with Crippen LogP contribution in [0.25, 0.3) is 0 Å². The number of likely N-dealkylation sites (tertiary alicyclic amines) is 1. The molecule has 2 saturated heterocycles. The summed E-state index contributed by atoms with van der Waals surface area (Å²) in [6.07, 6.45) is -1.63. The molecule has 33 heavy (non-hydrogen) atoms. The van der Waals surface area contributed by atoms with Crippen molar-refractivity contribution in [2.45, 2.75) is 31.5 Å². The lowest BCUT2D eigenvalue weighted by molar-refractivity contribution is -0.148. The van der Waals surface area contributed by atoms with E-state index in [-0.39, 0.29) is 22.7 Å². The summed E-state index contributed by atoms with van der Waals surface area (Å²) in [7, 11) is 0.